The number of aryl methyl sites for hydroxylation is 2. The Bertz CT molecular complexity index is 1430. The lowest BCUT2D eigenvalue weighted by molar-refractivity contribution is -0.122. The quantitative estimate of drug-likeness (QED) is 0.419. The molecule has 36 heavy (non-hydrogen) atoms. The predicted molar refractivity (Wildman–Crippen MR) is 143 cm³/mol. The largest absolute Gasteiger partial charge is 0.465 e. The van der Waals surface area contributed by atoms with Crippen molar-refractivity contribution >= 4 is 55.2 Å². The van der Waals surface area contributed by atoms with Gasteiger partial charge in [-0.25, -0.2) is 13.2 Å². The van der Waals surface area contributed by atoms with Gasteiger partial charge >= 0.3 is 5.97 Å². The van der Waals surface area contributed by atoms with Gasteiger partial charge in [0.1, 0.15) is 0 Å². The standard InChI is InChI=1S/C25H29N3O5S3/c1-17-4-7-20(8-5-17)36(31,32)27-12-10-18(11-13-27)23(29)26-25-28(14-15-34-3)21-9-6-19(24(30)33-2)16-22(21)35-25/h4-9,16,18H,10-15H2,1-3H3. The Morgan fingerprint density at radius 3 is 2.47 bits per heavy atom. The molecule has 1 amide bonds. The number of nitrogens with zero attached hydrogens (tertiary/aromatic N) is 3. The average Bonchev–Trinajstić information content (AvgIpc) is 3.23. The lowest BCUT2D eigenvalue weighted by Gasteiger charge is -2.29. The van der Waals surface area contributed by atoms with Crippen LogP contribution in [0, 0.1) is 12.8 Å². The van der Waals surface area contributed by atoms with Crippen molar-refractivity contribution in [1.29, 1.82) is 0 Å². The van der Waals surface area contributed by atoms with Gasteiger partial charge in [0.2, 0.25) is 10.0 Å². The molecule has 0 saturated carbocycles. The van der Waals surface area contributed by atoms with Crippen LogP contribution in [0.4, 0.5) is 0 Å². The van der Waals surface area contributed by atoms with Crippen molar-refractivity contribution in [1.82, 2.24) is 8.87 Å². The summed E-state index contributed by atoms with van der Waals surface area (Å²) in [6.07, 6.45) is 2.87. The number of thiazole rings is 1. The number of thioether (sulfide) groups is 1. The topological polar surface area (TPSA) is 98.0 Å². The summed E-state index contributed by atoms with van der Waals surface area (Å²) in [6.45, 7) is 3.15. The molecule has 0 N–H and O–H groups in total. The van der Waals surface area contributed by atoms with Crippen molar-refractivity contribution in [3.8, 4) is 0 Å². The van der Waals surface area contributed by atoms with E-state index in [2.05, 4.69) is 4.99 Å². The van der Waals surface area contributed by atoms with Gasteiger partial charge in [-0.15, -0.1) is 0 Å². The van der Waals surface area contributed by atoms with E-state index < -0.39 is 16.0 Å². The van der Waals surface area contributed by atoms with E-state index in [0.717, 1.165) is 21.5 Å². The van der Waals surface area contributed by atoms with E-state index in [9.17, 15) is 18.0 Å². The highest BCUT2D eigenvalue weighted by Gasteiger charge is 2.32. The Morgan fingerprint density at radius 2 is 1.83 bits per heavy atom. The second-order valence-corrected chi connectivity index (χ2v) is 12.6. The summed E-state index contributed by atoms with van der Waals surface area (Å²) >= 11 is 3.06. The Labute approximate surface area is 219 Å². The maximum Gasteiger partial charge on any atom is 0.337 e. The molecule has 0 atom stereocenters. The fourth-order valence-corrected chi connectivity index (χ4v) is 7.13. The molecule has 1 aliphatic rings. The molecule has 0 radical (unpaired) electrons. The first-order valence-corrected chi connectivity index (χ1v) is 15.3. The number of methoxy groups -OCH3 is 1. The van der Waals surface area contributed by atoms with Crippen LogP contribution in [0.5, 0.6) is 0 Å². The first-order chi connectivity index (χ1) is 17.2. The number of ether oxygens (including phenoxy) is 1. The molecule has 11 heteroatoms. The first kappa shape index (κ1) is 26.6. The fourth-order valence-electron chi connectivity index (χ4n) is 4.19. The highest BCUT2D eigenvalue weighted by Crippen LogP contribution is 2.25. The molecule has 192 valence electrons. The van der Waals surface area contributed by atoms with Crippen molar-refractivity contribution in [3.05, 3.63) is 58.4 Å². The van der Waals surface area contributed by atoms with Gasteiger partial charge in [-0.3, -0.25) is 4.79 Å². The Hall–Kier alpha value is -2.47. The van der Waals surface area contributed by atoms with Crippen LogP contribution in [0.15, 0.2) is 52.4 Å². The minimum atomic E-state index is -3.59. The van der Waals surface area contributed by atoms with Crippen LogP contribution in [0.2, 0.25) is 0 Å². The molecule has 1 aliphatic heterocycles. The van der Waals surface area contributed by atoms with E-state index in [1.165, 1.54) is 22.8 Å². The minimum absolute atomic E-state index is 0.236. The van der Waals surface area contributed by atoms with Gasteiger partial charge in [0.25, 0.3) is 5.91 Å². The van der Waals surface area contributed by atoms with E-state index in [1.54, 1.807) is 48.2 Å². The Kier molecular flexibility index (Phi) is 8.34. The number of carbonyl (C=O) groups is 2. The van der Waals surface area contributed by atoms with E-state index >= 15 is 0 Å². The first-order valence-electron chi connectivity index (χ1n) is 11.6. The minimum Gasteiger partial charge on any atom is -0.465 e. The highest BCUT2D eigenvalue weighted by atomic mass is 32.2. The van der Waals surface area contributed by atoms with Crippen molar-refractivity contribution in [2.75, 3.05) is 32.2 Å². The number of rotatable bonds is 7. The predicted octanol–water partition coefficient (Wildman–Crippen LogP) is 3.69. The van der Waals surface area contributed by atoms with Gasteiger partial charge in [-0.05, 0) is 56.4 Å². The molecule has 0 unspecified atom stereocenters. The van der Waals surface area contributed by atoms with Crippen LogP contribution >= 0.6 is 23.1 Å². The third-order valence-electron chi connectivity index (χ3n) is 6.29. The van der Waals surface area contributed by atoms with E-state index in [-0.39, 0.29) is 29.8 Å². The van der Waals surface area contributed by atoms with Crippen molar-refractivity contribution in [2.45, 2.75) is 31.2 Å². The molecule has 8 nitrogen and oxygen atoms in total. The van der Waals surface area contributed by atoms with Crippen molar-refractivity contribution in [2.24, 2.45) is 10.9 Å². The van der Waals surface area contributed by atoms with E-state index in [1.807, 2.05) is 23.8 Å². The number of hydrogen-bond acceptors (Lipinski definition) is 7. The Balaban J connectivity index is 1.55. The summed E-state index contributed by atoms with van der Waals surface area (Å²) in [5.74, 6) is -0.136. The number of amides is 1. The normalized spacial score (nSPS) is 15.9. The summed E-state index contributed by atoms with van der Waals surface area (Å²) in [6, 6.07) is 12.2. The third-order valence-corrected chi connectivity index (χ3v) is 9.84. The number of esters is 1. The number of hydrogen-bond donors (Lipinski definition) is 0. The van der Waals surface area contributed by atoms with Gasteiger partial charge in [-0.2, -0.15) is 21.1 Å². The van der Waals surface area contributed by atoms with E-state index in [0.29, 0.717) is 29.8 Å². The van der Waals surface area contributed by atoms with Gasteiger partial charge in [0.05, 0.1) is 27.8 Å². The number of sulfonamides is 1. The molecule has 4 rings (SSSR count). The number of carbonyl (C=O) groups excluding carboxylic acids is 2. The number of benzene rings is 2. The summed E-state index contributed by atoms with van der Waals surface area (Å²) in [4.78, 5) is 30.4. The zero-order chi connectivity index (χ0) is 25.9. The molecule has 3 aromatic rings. The van der Waals surface area contributed by atoms with Crippen LogP contribution in [-0.4, -0.2) is 61.4 Å². The molecule has 1 saturated heterocycles. The molecule has 0 spiro atoms. The van der Waals surface area contributed by atoms with Crippen LogP contribution in [-0.2, 0) is 26.1 Å². The summed E-state index contributed by atoms with van der Waals surface area (Å²) < 4.78 is 35.1. The van der Waals surface area contributed by atoms with Crippen LogP contribution in [0.25, 0.3) is 10.2 Å². The number of fused-ring (bicyclic) bond motifs is 1. The lowest BCUT2D eigenvalue weighted by Crippen LogP contribution is -2.40. The van der Waals surface area contributed by atoms with Crippen molar-refractivity contribution < 1.29 is 22.7 Å². The number of aromatic nitrogens is 1. The number of piperidine rings is 1. The van der Waals surface area contributed by atoms with Crippen LogP contribution in [0.1, 0.15) is 28.8 Å². The summed E-state index contributed by atoms with van der Waals surface area (Å²) in [7, 11) is -2.24. The summed E-state index contributed by atoms with van der Waals surface area (Å²) in [5.41, 5.74) is 2.35. The maximum atomic E-state index is 13.1. The zero-order valence-electron chi connectivity index (χ0n) is 20.5. The highest BCUT2D eigenvalue weighted by molar-refractivity contribution is 7.98. The molecule has 2 heterocycles. The molecular formula is C25H29N3O5S3. The zero-order valence-corrected chi connectivity index (χ0v) is 22.9. The molecule has 1 fully saturated rings. The molecular weight excluding hydrogens is 518 g/mol. The summed E-state index contributed by atoms with van der Waals surface area (Å²) in [5, 5.41) is 0. The second-order valence-electron chi connectivity index (χ2n) is 8.64. The van der Waals surface area contributed by atoms with Crippen LogP contribution < -0.4 is 4.80 Å². The third kappa shape index (κ3) is 5.59. The van der Waals surface area contributed by atoms with Gasteiger partial charge < -0.3 is 9.30 Å². The smallest absolute Gasteiger partial charge is 0.337 e. The molecule has 2 aromatic carbocycles. The molecule has 1 aromatic heterocycles. The van der Waals surface area contributed by atoms with Gasteiger partial charge in [0, 0.05) is 31.3 Å². The lowest BCUT2D eigenvalue weighted by atomic mass is 9.98. The fraction of sp³-hybridized carbons (Fsp3) is 0.400. The van der Waals surface area contributed by atoms with Gasteiger partial charge in [-0.1, -0.05) is 29.0 Å². The monoisotopic (exact) mass is 547 g/mol. The second kappa shape index (κ2) is 11.3. The van der Waals surface area contributed by atoms with Crippen LogP contribution in [0.3, 0.4) is 0 Å². The SMILES string of the molecule is COC(=O)c1ccc2c(c1)sc(=NC(=O)C1CCN(S(=O)(=O)c3ccc(C)cc3)CC1)n2CCSC. The molecule has 0 bridgehead atoms. The maximum absolute atomic E-state index is 13.1. The van der Waals surface area contributed by atoms with E-state index in [4.69, 9.17) is 4.74 Å². The average molecular weight is 548 g/mol. The van der Waals surface area contributed by atoms with Crippen molar-refractivity contribution in [3.63, 3.8) is 0 Å². The molecule has 0 aliphatic carbocycles. The Morgan fingerprint density at radius 1 is 1.14 bits per heavy atom. The van der Waals surface area contributed by atoms with Gasteiger partial charge in [0.15, 0.2) is 4.80 Å².